The van der Waals surface area contributed by atoms with Gasteiger partial charge in [-0.2, -0.15) is 0 Å². The third-order valence-corrected chi connectivity index (χ3v) is 9.60. The van der Waals surface area contributed by atoms with Gasteiger partial charge in [-0.1, -0.05) is 172 Å². The van der Waals surface area contributed by atoms with Crippen LogP contribution < -0.4 is 5.32 Å². The molecule has 0 aliphatic heterocycles. The maximum absolute atomic E-state index is 12.5. The maximum Gasteiger partial charge on any atom is 0.249 e. The molecule has 0 aliphatic rings. The smallest absolute Gasteiger partial charge is 0.249 e. The Labute approximate surface area is 303 Å². The first-order valence-corrected chi connectivity index (χ1v) is 20.9. The van der Waals surface area contributed by atoms with Gasteiger partial charge in [-0.05, 0) is 64.2 Å². The number of allylic oxidation sites excluding steroid dienone is 6. The van der Waals surface area contributed by atoms with E-state index < -0.39 is 36.9 Å². The number of unbranched alkanes of at least 4 members (excludes halogenated alkanes) is 23. The highest BCUT2D eigenvalue weighted by Crippen LogP contribution is 2.15. The Bertz CT molecular complexity index is 782. The molecule has 0 rings (SSSR count). The minimum Gasteiger partial charge on any atom is -0.394 e. The van der Waals surface area contributed by atoms with E-state index in [0.717, 1.165) is 57.8 Å². The van der Waals surface area contributed by atoms with Crippen molar-refractivity contribution in [3.8, 4) is 0 Å². The van der Waals surface area contributed by atoms with Crippen LogP contribution >= 0.6 is 0 Å². The zero-order valence-electron chi connectivity index (χ0n) is 32.2. The minimum atomic E-state index is -1.29. The molecule has 4 atom stereocenters. The molecule has 0 fully saturated rings. The predicted octanol–water partition coefficient (Wildman–Crippen LogP) is 10.6. The van der Waals surface area contributed by atoms with Gasteiger partial charge in [0.1, 0.15) is 12.2 Å². The summed E-state index contributed by atoms with van der Waals surface area (Å²) in [6, 6.07) is -1.01. The van der Waals surface area contributed by atoms with E-state index in [0.29, 0.717) is 19.3 Å². The number of carbonyl (C=O) groups excluding carboxylic acids is 1. The third-order valence-electron chi connectivity index (χ3n) is 9.60. The molecule has 288 valence electrons. The van der Waals surface area contributed by atoms with Gasteiger partial charge in [-0.15, -0.1) is 0 Å². The van der Waals surface area contributed by atoms with Gasteiger partial charge < -0.3 is 25.7 Å². The van der Waals surface area contributed by atoms with E-state index in [4.69, 9.17) is 0 Å². The van der Waals surface area contributed by atoms with Crippen LogP contribution in [-0.4, -0.2) is 57.3 Å². The molecule has 0 spiro atoms. The molecule has 6 heteroatoms. The van der Waals surface area contributed by atoms with Crippen LogP contribution in [-0.2, 0) is 4.79 Å². The Balaban J connectivity index is 3.82. The fourth-order valence-electron chi connectivity index (χ4n) is 6.22. The average Bonchev–Trinajstić information content (AvgIpc) is 3.11. The van der Waals surface area contributed by atoms with Gasteiger partial charge >= 0.3 is 0 Å². The van der Waals surface area contributed by atoms with Gasteiger partial charge in [0.15, 0.2) is 0 Å². The molecule has 0 aliphatic carbocycles. The van der Waals surface area contributed by atoms with Crippen molar-refractivity contribution in [2.45, 2.75) is 224 Å². The van der Waals surface area contributed by atoms with E-state index in [2.05, 4.69) is 55.6 Å². The lowest BCUT2D eigenvalue weighted by Gasteiger charge is -2.27. The largest absolute Gasteiger partial charge is 0.394 e. The van der Waals surface area contributed by atoms with Crippen LogP contribution in [0.15, 0.2) is 36.5 Å². The summed E-state index contributed by atoms with van der Waals surface area (Å²) in [6.45, 7) is 3.99. The SMILES string of the molecule is CCCCC/C=C\C=C/CCCCCCCC(O)C(=O)NC(CO)C(O)C(O)CCC/C=C/CCCCCCCCCCCCCCCC. The van der Waals surface area contributed by atoms with Crippen molar-refractivity contribution in [3.05, 3.63) is 36.5 Å². The highest BCUT2D eigenvalue weighted by atomic mass is 16.3. The van der Waals surface area contributed by atoms with E-state index in [1.165, 1.54) is 109 Å². The number of rotatable bonds is 37. The number of amides is 1. The number of nitrogens with one attached hydrogen (secondary N) is 1. The lowest BCUT2D eigenvalue weighted by atomic mass is 10.00. The highest BCUT2D eigenvalue weighted by molar-refractivity contribution is 5.80. The van der Waals surface area contributed by atoms with E-state index in [-0.39, 0.29) is 0 Å². The molecule has 0 radical (unpaired) electrons. The second-order valence-electron chi connectivity index (χ2n) is 14.4. The van der Waals surface area contributed by atoms with Crippen LogP contribution in [0, 0.1) is 0 Å². The lowest BCUT2D eigenvalue weighted by molar-refractivity contribution is -0.132. The summed E-state index contributed by atoms with van der Waals surface area (Å²) in [5.74, 6) is -0.607. The summed E-state index contributed by atoms with van der Waals surface area (Å²) in [4.78, 5) is 12.5. The molecule has 5 N–H and O–H groups in total. The fraction of sp³-hybridized carbons (Fsp3) is 0.837. The Hall–Kier alpha value is -1.47. The second kappa shape index (κ2) is 37.8. The Morgan fingerprint density at radius 1 is 0.510 bits per heavy atom. The highest BCUT2D eigenvalue weighted by Gasteiger charge is 2.28. The zero-order valence-corrected chi connectivity index (χ0v) is 32.2. The van der Waals surface area contributed by atoms with Crippen LogP contribution in [0.1, 0.15) is 200 Å². The second-order valence-corrected chi connectivity index (χ2v) is 14.4. The topological polar surface area (TPSA) is 110 Å². The summed E-state index contributed by atoms with van der Waals surface area (Å²) in [5, 5.41) is 43.5. The summed E-state index contributed by atoms with van der Waals surface area (Å²) in [6.07, 6.45) is 43.1. The maximum atomic E-state index is 12.5. The van der Waals surface area contributed by atoms with Crippen LogP contribution in [0.25, 0.3) is 0 Å². The third kappa shape index (κ3) is 32.2. The number of aliphatic hydroxyl groups excluding tert-OH is 4. The summed E-state index contributed by atoms with van der Waals surface area (Å²) >= 11 is 0. The van der Waals surface area contributed by atoms with Gasteiger partial charge in [0.25, 0.3) is 0 Å². The van der Waals surface area contributed by atoms with E-state index in [9.17, 15) is 25.2 Å². The number of carbonyl (C=O) groups is 1. The Kier molecular flexibility index (Phi) is 36.6. The van der Waals surface area contributed by atoms with Gasteiger partial charge in [0, 0.05) is 0 Å². The molecular weight excluding hydrogens is 610 g/mol. The van der Waals surface area contributed by atoms with Crippen LogP contribution in [0.4, 0.5) is 0 Å². The van der Waals surface area contributed by atoms with E-state index in [1.807, 2.05) is 0 Å². The number of hydrogen-bond acceptors (Lipinski definition) is 5. The molecule has 1 amide bonds. The number of hydrogen-bond donors (Lipinski definition) is 5. The molecule has 0 bridgehead atoms. The van der Waals surface area contributed by atoms with Crippen molar-refractivity contribution >= 4 is 5.91 Å². The standard InChI is InChI=1S/C43H81NO5/c1-3-5-7-9-11-13-15-17-19-20-21-22-23-25-26-28-30-32-34-36-40(46)42(48)39(38-45)44-43(49)41(47)37-35-33-31-29-27-24-18-16-14-12-10-8-6-4-2/h12,14,16,18,28,30,39-42,45-48H,3-11,13,15,17,19-27,29,31-38H2,1-2H3,(H,44,49)/b14-12-,18-16-,30-28+. The predicted molar refractivity (Wildman–Crippen MR) is 210 cm³/mol. The van der Waals surface area contributed by atoms with Crippen molar-refractivity contribution < 1.29 is 25.2 Å². The first-order chi connectivity index (χ1) is 24.0. The first-order valence-electron chi connectivity index (χ1n) is 20.9. The van der Waals surface area contributed by atoms with Crippen LogP contribution in [0.5, 0.6) is 0 Å². The summed E-state index contributed by atoms with van der Waals surface area (Å²) in [5.41, 5.74) is 0. The zero-order chi connectivity index (χ0) is 36.0. The monoisotopic (exact) mass is 692 g/mol. The summed E-state index contributed by atoms with van der Waals surface area (Å²) in [7, 11) is 0. The quantitative estimate of drug-likeness (QED) is 0.0253. The molecule has 0 aromatic heterocycles. The van der Waals surface area contributed by atoms with Crippen molar-refractivity contribution in [2.75, 3.05) is 6.61 Å². The van der Waals surface area contributed by atoms with Crippen molar-refractivity contribution in [1.82, 2.24) is 5.32 Å². The molecule has 49 heavy (non-hydrogen) atoms. The normalized spacial score (nSPS) is 14.7. The molecule has 4 unspecified atom stereocenters. The Morgan fingerprint density at radius 3 is 1.39 bits per heavy atom. The molecule has 0 heterocycles. The van der Waals surface area contributed by atoms with Crippen LogP contribution in [0.2, 0.25) is 0 Å². The molecular formula is C43H81NO5. The van der Waals surface area contributed by atoms with Gasteiger partial charge in [-0.3, -0.25) is 4.79 Å². The van der Waals surface area contributed by atoms with Crippen molar-refractivity contribution in [2.24, 2.45) is 0 Å². The van der Waals surface area contributed by atoms with Gasteiger partial charge in [0.2, 0.25) is 5.91 Å². The molecule has 0 aromatic rings. The molecule has 0 saturated heterocycles. The molecule has 6 nitrogen and oxygen atoms in total. The van der Waals surface area contributed by atoms with Gasteiger partial charge in [-0.25, -0.2) is 0 Å². The van der Waals surface area contributed by atoms with Crippen molar-refractivity contribution in [3.63, 3.8) is 0 Å². The van der Waals surface area contributed by atoms with Gasteiger partial charge in [0.05, 0.1) is 18.8 Å². The summed E-state index contributed by atoms with van der Waals surface area (Å²) < 4.78 is 0. The molecule has 0 aromatic carbocycles. The number of aliphatic hydroxyl groups is 4. The molecule has 0 saturated carbocycles. The van der Waals surface area contributed by atoms with E-state index >= 15 is 0 Å². The minimum absolute atomic E-state index is 0.344. The first kappa shape index (κ1) is 47.5. The Morgan fingerprint density at radius 2 is 0.898 bits per heavy atom. The van der Waals surface area contributed by atoms with Crippen molar-refractivity contribution in [1.29, 1.82) is 0 Å². The van der Waals surface area contributed by atoms with Crippen LogP contribution in [0.3, 0.4) is 0 Å². The van der Waals surface area contributed by atoms with E-state index in [1.54, 1.807) is 0 Å². The lowest BCUT2D eigenvalue weighted by Crippen LogP contribution is -2.53. The average molecular weight is 692 g/mol. The fourth-order valence-corrected chi connectivity index (χ4v) is 6.22.